The van der Waals surface area contributed by atoms with E-state index < -0.39 is 0 Å². The minimum Gasteiger partial charge on any atom is -0.321 e. The summed E-state index contributed by atoms with van der Waals surface area (Å²) in [4.78, 5) is 12.0. The minimum absolute atomic E-state index is 0.260. The maximum atomic E-state index is 12.0. The number of carbonyl (C=O) groups is 1. The van der Waals surface area contributed by atoms with Crippen molar-refractivity contribution in [1.29, 1.82) is 0 Å². The first-order valence-electron chi connectivity index (χ1n) is 5.92. The molecule has 1 amide bonds. The molecular weight excluding hydrogens is 238 g/mol. The van der Waals surface area contributed by atoms with Gasteiger partial charge in [0.15, 0.2) is 5.69 Å². The minimum atomic E-state index is -0.260. The number of benzene rings is 2. The van der Waals surface area contributed by atoms with Gasteiger partial charge in [-0.15, -0.1) is 10.2 Å². The number of nitrogens with zero attached hydrogens (tertiary/aromatic N) is 2. The summed E-state index contributed by atoms with van der Waals surface area (Å²) in [5.74, 6) is -0.260. The van der Waals surface area contributed by atoms with Crippen LogP contribution in [0.2, 0.25) is 0 Å². The van der Waals surface area contributed by atoms with Crippen LogP contribution in [-0.4, -0.2) is 16.1 Å². The fourth-order valence-electron chi connectivity index (χ4n) is 1.81. The highest BCUT2D eigenvalue weighted by molar-refractivity contribution is 6.04. The molecule has 0 saturated heterocycles. The van der Waals surface area contributed by atoms with E-state index in [1.54, 1.807) is 6.07 Å². The molecule has 0 bridgehead atoms. The second-order valence-corrected chi connectivity index (χ2v) is 4.11. The Kier molecular flexibility index (Phi) is 2.90. The molecule has 0 saturated carbocycles. The molecule has 0 aliphatic carbocycles. The Morgan fingerprint density at radius 1 is 0.895 bits per heavy atom. The van der Waals surface area contributed by atoms with Crippen LogP contribution in [0.5, 0.6) is 0 Å². The number of nitrogens with one attached hydrogen (secondary N) is 1. The van der Waals surface area contributed by atoms with Crippen LogP contribution in [0.15, 0.2) is 60.7 Å². The zero-order chi connectivity index (χ0) is 13.1. The van der Waals surface area contributed by atoms with Gasteiger partial charge in [0.25, 0.3) is 5.91 Å². The van der Waals surface area contributed by atoms with Crippen LogP contribution in [0, 0.1) is 0 Å². The number of carbonyl (C=O) groups excluding carboxylic acids is 1. The van der Waals surface area contributed by atoms with Crippen LogP contribution in [0.1, 0.15) is 10.5 Å². The van der Waals surface area contributed by atoms with Crippen molar-refractivity contribution in [2.75, 3.05) is 5.32 Å². The van der Waals surface area contributed by atoms with Crippen LogP contribution < -0.4 is 5.32 Å². The van der Waals surface area contributed by atoms with E-state index in [9.17, 15) is 4.79 Å². The predicted octanol–water partition coefficient (Wildman–Crippen LogP) is 2.88. The van der Waals surface area contributed by atoms with Gasteiger partial charge in [-0.1, -0.05) is 36.4 Å². The molecule has 1 N–H and O–H groups in total. The molecule has 0 aliphatic heterocycles. The van der Waals surface area contributed by atoms with Gasteiger partial charge in [0.1, 0.15) is 0 Å². The average Bonchev–Trinajstić information content (AvgIpc) is 2.48. The van der Waals surface area contributed by atoms with Crippen molar-refractivity contribution in [1.82, 2.24) is 10.2 Å². The van der Waals surface area contributed by atoms with Crippen LogP contribution in [-0.2, 0) is 0 Å². The molecule has 0 fully saturated rings. The monoisotopic (exact) mass is 249 g/mol. The van der Waals surface area contributed by atoms with Crippen molar-refractivity contribution in [2.45, 2.75) is 0 Å². The summed E-state index contributed by atoms with van der Waals surface area (Å²) in [5.41, 5.74) is 1.82. The molecule has 2 aromatic carbocycles. The number of para-hydroxylation sites is 1. The summed E-state index contributed by atoms with van der Waals surface area (Å²) >= 11 is 0. The number of amides is 1. The van der Waals surface area contributed by atoms with Gasteiger partial charge in [0.05, 0.1) is 5.52 Å². The van der Waals surface area contributed by atoms with Crippen LogP contribution in [0.4, 0.5) is 5.69 Å². The highest BCUT2D eigenvalue weighted by Crippen LogP contribution is 2.12. The summed E-state index contributed by atoms with van der Waals surface area (Å²) in [6.07, 6.45) is 0. The maximum absolute atomic E-state index is 12.0. The Hall–Kier alpha value is -2.75. The summed E-state index contributed by atoms with van der Waals surface area (Å²) in [6, 6.07) is 18.6. The van der Waals surface area contributed by atoms with Crippen molar-refractivity contribution >= 4 is 22.5 Å². The Balaban J connectivity index is 1.89. The lowest BCUT2D eigenvalue weighted by atomic mass is 10.2. The first-order chi connectivity index (χ1) is 9.33. The van der Waals surface area contributed by atoms with E-state index in [1.807, 2.05) is 54.6 Å². The second kappa shape index (κ2) is 4.86. The summed E-state index contributed by atoms with van der Waals surface area (Å²) in [5, 5.41) is 11.7. The van der Waals surface area contributed by atoms with E-state index in [4.69, 9.17) is 0 Å². The molecule has 1 aromatic heterocycles. The smallest absolute Gasteiger partial charge is 0.276 e. The van der Waals surface area contributed by atoms with Crippen LogP contribution in [0.3, 0.4) is 0 Å². The van der Waals surface area contributed by atoms with E-state index in [0.717, 1.165) is 16.6 Å². The number of aromatic nitrogens is 2. The van der Waals surface area contributed by atoms with E-state index in [2.05, 4.69) is 15.5 Å². The average molecular weight is 249 g/mol. The number of rotatable bonds is 2. The van der Waals surface area contributed by atoms with Crippen molar-refractivity contribution in [3.63, 3.8) is 0 Å². The fourth-order valence-corrected chi connectivity index (χ4v) is 1.81. The molecule has 3 aromatic rings. The number of anilines is 1. The van der Waals surface area contributed by atoms with E-state index in [0.29, 0.717) is 5.69 Å². The Labute approximate surface area is 110 Å². The van der Waals surface area contributed by atoms with Gasteiger partial charge in [-0.3, -0.25) is 4.79 Å². The molecule has 19 heavy (non-hydrogen) atoms. The van der Waals surface area contributed by atoms with Crippen LogP contribution >= 0.6 is 0 Å². The summed E-state index contributed by atoms with van der Waals surface area (Å²) in [6.45, 7) is 0. The molecule has 0 aliphatic rings. The van der Waals surface area contributed by atoms with E-state index >= 15 is 0 Å². The zero-order valence-electron chi connectivity index (χ0n) is 10.1. The summed E-state index contributed by atoms with van der Waals surface area (Å²) < 4.78 is 0. The molecule has 92 valence electrons. The van der Waals surface area contributed by atoms with Crippen LogP contribution in [0.25, 0.3) is 10.9 Å². The zero-order valence-corrected chi connectivity index (χ0v) is 10.1. The van der Waals surface area contributed by atoms with Gasteiger partial charge in [0.2, 0.25) is 0 Å². The fraction of sp³-hybridized carbons (Fsp3) is 0. The third-order valence-corrected chi connectivity index (χ3v) is 2.76. The Bertz CT molecular complexity index is 726. The second-order valence-electron chi connectivity index (χ2n) is 4.11. The Morgan fingerprint density at radius 3 is 2.47 bits per heavy atom. The normalized spacial score (nSPS) is 10.3. The summed E-state index contributed by atoms with van der Waals surface area (Å²) in [7, 11) is 0. The standard InChI is InChI=1S/C15H11N3O/c19-15(16-12-7-2-1-3-8-12)14-10-11-6-4-5-9-13(11)17-18-14/h1-10H,(H,16,19). The van der Waals surface area contributed by atoms with E-state index in [-0.39, 0.29) is 5.91 Å². The number of hydrogen-bond donors (Lipinski definition) is 1. The van der Waals surface area contributed by atoms with Gasteiger partial charge in [-0.25, -0.2) is 0 Å². The predicted molar refractivity (Wildman–Crippen MR) is 73.9 cm³/mol. The molecule has 4 heteroatoms. The molecular formula is C15H11N3O. The van der Waals surface area contributed by atoms with Gasteiger partial charge in [-0.2, -0.15) is 0 Å². The molecule has 0 radical (unpaired) electrons. The maximum Gasteiger partial charge on any atom is 0.276 e. The molecule has 0 unspecified atom stereocenters. The quantitative estimate of drug-likeness (QED) is 0.759. The first-order valence-corrected chi connectivity index (χ1v) is 5.92. The van der Waals surface area contributed by atoms with Crippen molar-refractivity contribution in [2.24, 2.45) is 0 Å². The molecule has 3 rings (SSSR count). The number of fused-ring (bicyclic) bond motifs is 1. The van der Waals surface area contributed by atoms with Crippen molar-refractivity contribution < 1.29 is 4.79 Å². The van der Waals surface area contributed by atoms with Crippen molar-refractivity contribution in [3.8, 4) is 0 Å². The third kappa shape index (κ3) is 2.42. The Morgan fingerprint density at radius 2 is 1.63 bits per heavy atom. The topological polar surface area (TPSA) is 54.9 Å². The lowest BCUT2D eigenvalue weighted by Gasteiger charge is -2.04. The highest BCUT2D eigenvalue weighted by Gasteiger charge is 2.09. The highest BCUT2D eigenvalue weighted by atomic mass is 16.1. The SMILES string of the molecule is O=C(Nc1ccccc1)c1cc2ccccc2nn1. The lowest BCUT2D eigenvalue weighted by Crippen LogP contribution is -2.14. The van der Waals surface area contributed by atoms with E-state index in [1.165, 1.54) is 0 Å². The molecule has 1 heterocycles. The molecule has 4 nitrogen and oxygen atoms in total. The first kappa shape index (κ1) is 11.3. The van der Waals surface area contributed by atoms with Gasteiger partial charge in [0, 0.05) is 11.1 Å². The van der Waals surface area contributed by atoms with Gasteiger partial charge in [-0.05, 0) is 24.3 Å². The lowest BCUT2D eigenvalue weighted by molar-refractivity contribution is 0.102. The van der Waals surface area contributed by atoms with Gasteiger partial charge >= 0.3 is 0 Å². The largest absolute Gasteiger partial charge is 0.321 e. The third-order valence-electron chi connectivity index (χ3n) is 2.76. The molecule has 0 spiro atoms. The number of hydrogen-bond acceptors (Lipinski definition) is 3. The van der Waals surface area contributed by atoms with Crippen molar-refractivity contribution in [3.05, 3.63) is 66.4 Å². The van der Waals surface area contributed by atoms with Gasteiger partial charge < -0.3 is 5.32 Å². The molecule has 0 atom stereocenters.